The van der Waals surface area contributed by atoms with Gasteiger partial charge in [0.2, 0.25) is 0 Å². The summed E-state index contributed by atoms with van der Waals surface area (Å²) in [6.07, 6.45) is 6.50. The summed E-state index contributed by atoms with van der Waals surface area (Å²) in [5.74, 6) is 1.36. The Morgan fingerprint density at radius 2 is 2.00 bits per heavy atom. The van der Waals surface area contributed by atoms with E-state index in [1.165, 1.54) is 0 Å². The summed E-state index contributed by atoms with van der Waals surface area (Å²) in [6, 6.07) is 2.13. The molecule has 0 aromatic carbocycles. The molecule has 0 radical (unpaired) electrons. The largest absolute Gasteiger partial charge is 0.390 e. The first-order chi connectivity index (χ1) is 11.9. The highest BCUT2D eigenvalue weighted by atomic mass is 16.3. The number of nitrogens with zero attached hydrogens (tertiary/aromatic N) is 3. The second kappa shape index (κ2) is 5.04. The van der Waals surface area contributed by atoms with Crippen molar-refractivity contribution in [2.75, 3.05) is 0 Å². The lowest BCUT2D eigenvalue weighted by molar-refractivity contribution is -0.136. The minimum Gasteiger partial charge on any atom is -0.390 e. The molecule has 6 heteroatoms. The fraction of sp³-hybridized carbons (Fsp3) is 0.632. The van der Waals surface area contributed by atoms with E-state index in [1.54, 1.807) is 10.7 Å². The van der Waals surface area contributed by atoms with Crippen molar-refractivity contribution in [3.05, 3.63) is 29.2 Å². The molecule has 0 aliphatic heterocycles. The molecule has 4 aliphatic carbocycles. The van der Waals surface area contributed by atoms with Gasteiger partial charge in [-0.2, -0.15) is 5.10 Å². The van der Waals surface area contributed by atoms with Gasteiger partial charge in [0.1, 0.15) is 5.56 Å². The van der Waals surface area contributed by atoms with E-state index < -0.39 is 5.60 Å². The first kappa shape index (κ1) is 15.3. The van der Waals surface area contributed by atoms with Gasteiger partial charge in [0.05, 0.1) is 11.8 Å². The van der Waals surface area contributed by atoms with Crippen molar-refractivity contribution in [1.29, 1.82) is 0 Å². The van der Waals surface area contributed by atoms with E-state index in [2.05, 4.69) is 15.4 Å². The lowest BCUT2D eigenvalue weighted by Gasteiger charge is -2.58. The van der Waals surface area contributed by atoms with Gasteiger partial charge in [-0.1, -0.05) is 0 Å². The van der Waals surface area contributed by atoms with Gasteiger partial charge in [-0.25, -0.2) is 9.50 Å². The smallest absolute Gasteiger partial charge is 0.257 e. The van der Waals surface area contributed by atoms with E-state index in [9.17, 15) is 9.90 Å². The number of hydrogen-bond donors (Lipinski definition) is 2. The topological polar surface area (TPSA) is 79.5 Å². The highest BCUT2D eigenvalue weighted by molar-refractivity contribution is 5.99. The van der Waals surface area contributed by atoms with Crippen molar-refractivity contribution in [3.63, 3.8) is 0 Å². The SMILES string of the molecule is Cc1cc(C)n2ncc(C(=O)NC3[C@@H]4CC5C[C@H]3CC(O)(C5)C4)c2n1. The van der Waals surface area contributed by atoms with Crippen LogP contribution in [0.1, 0.15) is 53.8 Å². The molecular weight excluding hydrogens is 316 g/mol. The number of rotatable bonds is 2. The van der Waals surface area contributed by atoms with Crippen LogP contribution < -0.4 is 5.32 Å². The molecule has 6 rings (SSSR count). The minimum atomic E-state index is -0.474. The molecular formula is C19H24N4O2. The van der Waals surface area contributed by atoms with Crippen molar-refractivity contribution >= 4 is 11.6 Å². The van der Waals surface area contributed by atoms with Crippen LogP contribution in [0, 0.1) is 31.6 Å². The van der Waals surface area contributed by atoms with Crippen molar-refractivity contribution in [2.24, 2.45) is 17.8 Å². The molecule has 4 fully saturated rings. The zero-order valence-corrected chi connectivity index (χ0v) is 14.7. The average Bonchev–Trinajstić information content (AvgIpc) is 2.93. The Kier molecular flexibility index (Phi) is 3.08. The van der Waals surface area contributed by atoms with Gasteiger partial charge in [-0.05, 0) is 69.8 Å². The summed E-state index contributed by atoms with van der Waals surface area (Å²) >= 11 is 0. The Hall–Kier alpha value is -1.95. The molecule has 0 saturated heterocycles. The van der Waals surface area contributed by atoms with Crippen LogP contribution in [0.25, 0.3) is 5.65 Å². The molecule has 0 spiro atoms. The molecule has 4 bridgehead atoms. The van der Waals surface area contributed by atoms with E-state index in [-0.39, 0.29) is 11.9 Å². The number of nitrogens with one attached hydrogen (secondary N) is 1. The summed E-state index contributed by atoms with van der Waals surface area (Å²) in [7, 11) is 0. The van der Waals surface area contributed by atoms with Crippen LogP contribution in [-0.2, 0) is 0 Å². The Morgan fingerprint density at radius 3 is 2.68 bits per heavy atom. The molecule has 6 nitrogen and oxygen atoms in total. The Balaban J connectivity index is 1.43. The molecule has 3 unspecified atom stereocenters. The van der Waals surface area contributed by atoms with Crippen LogP contribution >= 0.6 is 0 Å². The summed E-state index contributed by atoms with van der Waals surface area (Å²) < 4.78 is 1.72. The quantitative estimate of drug-likeness (QED) is 0.876. The number of hydrogen-bond acceptors (Lipinski definition) is 4. The third-order valence-electron chi connectivity index (χ3n) is 6.56. The number of aromatic nitrogens is 3. The molecule has 5 atom stereocenters. The van der Waals surface area contributed by atoms with E-state index in [0.29, 0.717) is 29.0 Å². The summed E-state index contributed by atoms with van der Waals surface area (Å²) in [6.45, 7) is 3.90. The number of carbonyl (C=O) groups is 1. The third kappa shape index (κ3) is 2.30. The van der Waals surface area contributed by atoms with Crippen molar-refractivity contribution in [3.8, 4) is 0 Å². The van der Waals surface area contributed by atoms with Gasteiger partial charge in [0.15, 0.2) is 5.65 Å². The van der Waals surface area contributed by atoms with E-state index in [0.717, 1.165) is 43.5 Å². The molecule has 2 heterocycles. The molecule has 2 aromatic rings. The first-order valence-corrected chi connectivity index (χ1v) is 9.27. The first-order valence-electron chi connectivity index (χ1n) is 9.27. The van der Waals surface area contributed by atoms with Gasteiger partial charge in [-0.3, -0.25) is 4.79 Å². The summed E-state index contributed by atoms with van der Waals surface area (Å²) in [4.78, 5) is 17.5. The van der Waals surface area contributed by atoms with E-state index >= 15 is 0 Å². The summed E-state index contributed by atoms with van der Waals surface area (Å²) in [5, 5.41) is 18.3. The lowest BCUT2D eigenvalue weighted by atomic mass is 9.52. The van der Waals surface area contributed by atoms with E-state index in [4.69, 9.17) is 0 Å². The summed E-state index contributed by atoms with van der Waals surface area (Å²) in [5.41, 5.74) is 2.55. The van der Waals surface area contributed by atoms with Gasteiger partial charge in [0.25, 0.3) is 5.91 Å². The Bertz CT molecular complexity index is 858. The van der Waals surface area contributed by atoms with Crippen molar-refractivity contribution < 1.29 is 9.90 Å². The van der Waals surface area contributed by atoms with Crippen LogP contribution in [0.4, 0.5) is 0 Å². The van der Waals surface area contributed by atoms with Gasteiger partial charge in [0, 0.05) is 17.4 Å². The van der Waals surface area contributed by atoms with Crippen LogP contribution in [-0.4, -0.2) is 37.3 Å². The third-order valence-corrected chi connectivity index (χ3v) is 6.56. The van der Waals surface area contributed by atoms with Crippen LogP contribution in [0.3, 0.4) is 0 Å². The fourth-order valence-electron chi connectivity index (χ4n) is 5.88. The number of carbonyl (C=O) groups excluding carboxylic acids is 1. The Morgan fingerprint density at radius 1 is 1.28 bits per heavy atom. The molecule has 132 valence electrons. The number of amides is 1. The highest BCUT2D eigenvalue weighted by Gasteiger charge is 2.55. The second-order valence-electron chi connectivity index (χ2n) is 8.53. The maximum absolute atomic E-state index is 12.9. The van der Waals surface area contributed by atoms with Gasteiger partial charge >= 0.3 is 0 Å². The molecule has 4 aliphatic rings. The predicted octanol–water partition coefficient (Wildman–Crippen LogP) is 2.02. The molecule has 4 saturated carbocycles. The lowest BCUT2D eigenvalue weighted by Crippen LogP contribution is -2.61. The minimum absolute atomic E-state index is 0.0861. The number of aliphatic hydroxyl groups is 1. The molecule has 25 heavy (non-hydrogen) atoms. The standard InChI is InChI=1S/C19H24N4O2/c1-10-3-11(2)23-17(21-10)15(9-20-23)18(24)22-16-13-4-12-5-14(16)8-19(25,6-12)7-13/h3,9,12-14,16,25H,4-8H2,1-2H3,(H,22,24)/t12?,13-,14+,16?,19?. The zero-order chi connectivity index (χ0) is 17.3. The molecule has 2 aromatic heterocycles. The second-order valence-corrected chi connectivity index (χ2v) is 8.53. The average molecular weight is 340 g/mol. The van der Waals surface area contributed by atoms with E-state index in [1.807, 2.05) is 19.9 Å². The monoisotopic (exact) mass is 340 g/mol. The van der Waals surface area contributed by atoms with Crippen molar-refractivity contribution in [2.45, 2.75) is 57.6 Å². The fourth-order valence-corrected chi connectivity index (χ4v) is 5.88. The molecule has 1 amide bonds. The zero-order valence-electron chi connectivity index (χ0n) is 14.7. The van der Waals surface area contributed by atoms with Gasteiger partial charge < -0.3 is 10.4 Å². The van der Waals surface area contributed by atoms with Crippen LogP contribution in [0.15, 0.2) is 12.3 Å². The highest BCUT2D eigenvalue weighted by Crippen LogP contribution is 2.55. The number of fused-ring (bicyclic) bond motifs is 1. The predicted molar refractivity (Wildman–Crippen MR) is 92.2 cm³/mol. The van der Waals surface area contributed by atoms with Crippen LogP contribution in [0.2, 0.25) is 0 Å². The molecule has 2 N–H and O–H groups in total. The van der Waals surface area contributed by atoms with Gasteiger partial charge in [-0.15, -0.1) is 0 Å². The Labute approximate surface area is 146 Å². The maximum atomic E-state index is 12.9. The number of aryl methyl sites for hydroxylation is 2. The maximum Gasteiger partial charge on any atom is 0.257 e. The van der Waals surface area contributed by atoms with Crippen molar-refractivity contribution in [1.82, 2.24) is 19.9 Å². The van der Waals surface area contributed by atoms with Crippen LogP contribution in [0.5, 0.6) is 0 Å². The normalized spacial score (nSPS) is 36.1.